The van der Waals surface area contributed by atoms with E-state index in [1.807, 2.05) is 36.4 Å². The van der Waals surface area contributed by atoms with Crippen LogP contribution in [0.1, 0.15) is 26.3 Å². The second kappa shape index (κ2) is 11.5. The lowest BCUT2D eigenvalue weighted by molar-refractivity contribution is -0.120. The second-order valence-corrected chi connectivity index (χ2v) is 8.40. The van der Waals surface area contributed by atoms with Crippen LogP contribution in [0.4, 0.5) is 0 Å². The zero-order chi connectivity index (χ0) is 25.5. The molecule has 0 bridgehead atoms. The first-order valence-corrected chi connectivity index (χ1v) is 11.5. The molecule has 0 aliphatic carbocycles. The van der Waals surface area contributed by atoms with Gasteiger partial charge in [0.25, 0.3) is 11.8 Å². The molecule has 4 rings (SSSR count). The van der Waals surface area contributed by atoms with E-state index in [1.165, 1.54) is 24.4 Å². The first-order valence-electron chi connectivity index (χ1n) is 10.8. The van der Waals surface area contributed by atoms with Crippen molar-refractivity contribution in [3.8, 4) is 5.75 Å². The Kier molecular flexibility index (Phi) is 7.95. The Morgan fingerprint density at radius 2 is 1.61 bits per heavy atom. The predicted molar refractivity (Wildman–Crippen MR) is 140 cm³/mol. The number of amides is 2. The van der Waals surface area contributed by atoms with Crippen LogP contribution in [0.15, 0.2) is 90.0 Å². The smallest absolute Gasteiger partial charge is 0.344 e. The minimum Gasteiger partial charge on any atom is -0.423 e. The molecule has 0 unspecified atom stereocenters. The fourth-order valence-electron chi connectivity index (χ4n) is 3.31. The number of ether oxygens (including phenoxy) is 1. The first-order chi connectivity index (χ1) is 17.4. The lowest BCUT2D eigenvalue weighted by Gasteiger charge is -2.07. The molecule has 4 aromatic carbocycles. The number of benzene rings is 4. The Hall–Kier alpha value is -4.20. The molecule has 0 atom stereocenters. The van der Waals surface area contributed by atoms with Gasteiger partial charge in [-0.3, -0.25) is 9.59 Å². The van der Waals surface area contributed by atoms with E-state index >= 15 is 0 Å². The minimum absolute atomic E-state index is 0.243. The highest BCUT2D eigenvalue weighted by atomic mass is 35.5. The molecule has 0 fully saturated rings. The van der Waals surface area contributed by atoms with Crippen molar-refractivity contribution in [3.63, 3.8) is 0 Å². The maximum atomic E-state index is 12.7. The number of fused-ring (bicyclic) bond motifs is 1. The largest absolute Gasteiger partial charge is 0.423 e. The molecule has 0 saturated carbocycles. The van der Waals surface area contributed by atoms with E-state index in [9.17, 15) is 14.4 Å². The van der Waals surface area contributed by atoms with Gasteiger partial charge in [-0.1, -0.05) is 59.6 Å². The number of nitrogens with zero attached hydrogens (tertiary/aromatic N) is 1. The number of nitrogens with one attached hydrogen (secondary N) is 2. The summed E-state index contributed by atoms with van der Waals surface area (Å²) in [7, 11) is 0. The zero-order valence-corrected chi connectivity index (χ0v) is 20.2. The highest BCUT2D eigenvalue weighted by molar-refractivity contribution is 6.42. The monoisotopic (exact) mass is 519 g/mol. The Labute approximate surface area is 216 Å². The predicted octanol–water partition coefficient (Wildman–Crippen LogP) is 5.25. The quantitative estimate of drug-likeness (QED) is 0.151. The van der Waals surface area contributed by atoms with E-state index in [0.29, 0.717) is 21.9 Å². The number of carbonyl (C=O) groups is 3. The van der Waals surface area contributed by atoms with E-state index in [-0.39, 0.29) is 17.1 Å². The number of halogens is 2. The summed E-state index contributed by atoms with van der Waals surface area (Å²) < 4.78 is 5.50. The van der Waals surface area contributed by atoms with Gasteiger partial charge < -0.3 is 10.1 Å². The van der Waals surface area contributed by atoms with E-state index < -0.39 is 17.8 Å². The van der Waals surface area contributed by atoms with Crippen LogP contribution in [-0.2, 0) is 4.79 Å². The summed E-state index contributed by atoms with van der Waals surface area (Å²) in [5, 5.41) is 8.68. The summed E-state index contributed by atoms with van der Waals surface area (Å²) >= 11 is 11.7. The first kappa shape index (κ1) is 24.9. The lowest BCUT2D eigenvalue weighted by Crippen LogP contribution is -2.34. The molecule has 0 aliphatic rings. The van der Waals surface area contributed by atoms with Crippen molar-refractivity contribution in [2.45, 2.75) is 0 Å². The zero-order valence-electron chi connectivity index (χ0n) is 18.7. The maximum Gasteiger partial charge on any atom is 0.344 e. The standard InChI is InChI=1S/C27H19Cl2N3O4/c28-23-13-10-19(14-24(23)29)26(34)30-16-25(33)32-31-15-17-8-11-20(12-9-17)36-27(35)22-7-3-5-18-4-1-2-6-21(18)22/h1-15H,16H2,(H,30,34)(H,32,33)/b31-15+. The average molecular weight is 520 g/mol. The van der Waals surface area contributed by atoms with Crippen LogP contribution in [0.5, 0.6) is 5.75 Å². The highest BCUT2D eigenvalue weighted by Crippen LogP contribution is 2.23. The third-order valence-electron chi connectivity index (χ3n) is 5.09. The SMILES string of the molecule is O=C(CNC(=O)c1ccc(Cl)c(Cl)c1)N/N=C/c1ccc(OC(=O)c2cccc3ccccc23)cc1. The number of carbonyl (C=O) groups excluding carboxylic acids is 3. The van der Waals surface area contributed by atoms with Crippen molar-refractivity contribution in [1.82, 2.24) is 10.7 Å². The van der Waals surface area contributed by atoms with Crippen molar-refractivity contribution in [3.05, 3.63) is 112 Å². The van der Waals surface area contributed by atoms with Gasteiger partial charge in [0.05, 0.1) is 28.4 Å². The van der Waals surface area contributed by atoms with Gasteiger partial charge in [0.1, 0.15) is 5.75 Å². The van der Waals surface area contributed by atoms with Gasteiger partial charge in [0, 0.05) is 5.56 Å². The summed E-state index contributed by atoms with van der Waals surface area (Å²) in [5.41, 5.74) is 3.75. The summed E-state index contributed by atoms with van der Waals surface area (Å²) in [5.74, 6) is -1.07. The fourth-order valence-corrected chi connectivity index (χ4v) is 3.60. The van der Waals surface area contributed by atoms with E-state index in [2.05, 4.69) is 15.8 Å². The third kappa shape index (κ3) is 6.27. The Bertz CT molecular complexity index is 1460. The summed E-state index contributed by atoms with van der Waals surface area (Å²) in [4.78, 5) is 36.7. The molecule has 7 nitrogen and oxygen atoms in total. The lowest BCUT2D eigenvalue weighted by atomic mass is 10.0. The van der Waals surface area contributed by atoms with Crippen molar-refractivity contribution in [2.75, 3.05) is 6.54 Å². The number of hydrogen-bond acceptors (Lipinski definition) is 5. The molecule has 9 heteroatoms. The van der Waals surface area contributed by atoms with Crippen LogP contribution in [-0.4, -0.2) is 30.5 Å². The minimum atomic E-state index is -0.514. The maximum absolute atomic E-state index is 12.7. The molecule has 180 valence electrons. The Balaban J connectivity index is 1.27. The van der Waals surface area contributed by atoms with Gasteiger partial charge in [-0.05, 0) is 64.9 Å². The third-order valence-corrected chi connectivity index (χ3v) is 5.83. The van der Waals surface area contributed by atoms with E-state index in [4.69, 9.17) is 27.9 Å². The summed E-state index contributed by atoms with van der Waals surface area (Å²) in [6.07, 6.45) is 1.43. The molecule has 4 aromatic rings. The molecule has 0 radical (unpaired) electrons. The Morgan fingerprint density at radius 1 is 0.861 bits per heavy atom. The molecule has 36 heavy (non-hydrogen) atoms. The molecule has 0 spiro atoms. The van der Waals surface area contributed by atoms with Gasteiger partial charge in [0.2, 0.25) is 0 Å². The molecule has 0 heterocycles. The van der Waals surface area contributed by atoms with Crippen LogP contribution in [0, 0.1) is 0 Å². The van der Waals surface area contributed by atoms with E-state index in [0.717, 1.165) is 10.8 Å². The van der Waals surface area contributed by atoms with Gasteiger partial charge >= 0.3 is 5.97 Å². The van der Waals surface area contributed by atoms with Crippen LogP contribution in [0.3, 0.4) is 0 Å². The van der Waals surface area contributed by atoms with Gasteiger partial charge in [-0.15, -0.1) is 0 Å². The second-order valence-electron chi connectivity index (χ2n) is 7.59. The van der Waals surface area contributed by atoms with Crippen LogP contribution in [0.25, 0.3) is 10.8 Å². The average Bonchev–Trinajstić information content (AvgIpc) is 2.89. The van der Waals surface area contributed by atoms with Crippen LogP contribution in [0.2, 0.25) is 10.0 Å². The fraction of sp³-hybridized carbons (Fsp3) is 0.0370. The topological polar surface area (TPSA) is 96.9 Å². The van der Waals surface area contributed by atoms with Crippen LogP contribution < -0.4 is 15.5 Å². The summed E-state index contributed by atoms with van der Waals surface area (Å²) in [6.45, 7) is -0.278. The van der Waals surface area contributed by atoms with Gasteiger partial charge in [-0.25, -0.2) is 10.2 Å². The molecule has 2 amide bonds. The van der Waals surface area contributed by atoms with E-state index in [1.54, 1.807) is 30.3 Å². The number of rotatable bonds is 7. The van der Waals surface area contributed by atoms with Crippen molar-refractivity contribution in [2.24, 2.45) is 5.10 Å². The Morgan fingerprint density at radius 3 is 2.39 bits per heavy atom. The molecule has 0 aromatic heterocycles. The number of esters is 1. The van der Waals surface area contributed by atoms with Crippen molar-refractivity contribution >= 4 is 58.0 Å². The highest BCUT2D eigenvalue weighted by Gasteiger charge is 2.12. The van der Waals surface area contributed by atoms with Gasteiger partial charge in [-0.2, -0.15) is 5.10 Å². The van der Waals surface area contributed by atoms with Crippen molar-refractivity contribution in [1.29, 1.82) is 0 Å². The molecule has 0 saturated heterocycles. The molecular weight excluding hydrogens is 501 g/mol. The van der Waals surface area contributed by atoms with Crippen LogP contribution >= 0.6 is 23.2 Å². The van der Waals surface area contributed by atoms with Crippen molar-refractivity contribution < 1.29 is 19.1 Å². The molecule has 0 aliphatic heterocycles. The summed E-state index contributed by atoms with van der Waals surface area (Å²) in [6, 6.07) is 24.1. The molecular formula is C27H19Cl2N3O4. The molecule has 2 N–H and O–H groups in total. The number of hydrogen-bond donors (Lipinski definition) is 2. The van der Waals surface area contributed by atoms with Gasteiger partial charge in [0.15, 0.2) is 0 Å². The number of hydrazone groups is 1. The normalized spacial score (nSPS) is 10.8.